The average Bonchev–Trinajstić information content (AvgIpc) is 2.63. The van der Waals surface area contributed by atoms with E-state index in [4.69, 9.17) is 5.26 Å². The highest BCUT2D eigenvalue weighted by Gasteiger charge is 2.34. The number of alkyl halides is 6. The van der Waals surface area contributed by atoms with E-state index in [0.717, 1.165) is 36.4 Å². The van der Waals surface area contributed by atoms with Crippen molar-refractivity contribution < 1.29 is 31.1 Å². The molecular formula is C18H13F6N3O. The largest absolute Gasteiger partial charge is 0.417 e. The first kappa shape index (κ1) is 21.1. The lowest BCUT2D eigenvalue weighted by atomic mass is 10.1. The first-order valence-corrected chi connectivity index (χ1v) is 7.83. The van der Waals surface area contributed by atoms with Crippen LogP contribution in [0.5, 0.6) is 0 Å². The topological polar surface area (TPSA) is 64.9 Å². The Morgan fingerprint density at radius 1 is 0.929 bits per heavy atom. The van der Waals surface area contributed by atoms with E-state index in [2.05, 4.69) is 10.6 Å². The number of nitriles is 1. The third-order valence-corrected chi connectivity index (χ3v) is 3.66. The second kappa shape index (κ2) is 8.21. The molecule has 0 radical (unpaired) electrons. The number of nitrogens with zero attached hydrogens (tertiary/aromatic N) is 1. The van der Waals surface area contributed by atoms with Gasteiger partial charge in [0.1, 0.15) is 0 Å². The number of carbonyl (C=O) groups excluding carboxylic acids is 1. The summed E-state index contributed by atoms with van der Waals surface area (Å²) in [5.41, 5.74) is -2.34. The molecule has 2 aromatic carbocycles. The Hall–Kier alpha value is -3.22. The van der Waals surface area contributed by atoms with Gasteiger partial charge in [-0.1, -0.05) is 0 Å². The van der Waals surface area contributed by atoms with Crippen molar-refractivity contribution in [2.24, 2.45) is 0 Å². The molecule has 2 aromatic rings. The van der Waals surface area contributed by atoms with Crippen molar-refractivity contribution in [3.05, 3.63) is 64.7 Å². The van der Waals surface area contributed by atoms with Crippen molar-refractivity contribution in [1.82, 2.24) is 5.32 Å². The van der Waals surface area contributed by atoms with Crippen LogP contribution in [0.25, 0.3) is 0 Å². The molecule has 28 heavy (non-hydrogen) atoms. The van der Waals surface area contributed by atoms with E-state index in [9.17, 15) is 31.1 Å². The number of hydrogen-bond donors (Lipinski definition) is 2. The van der Waals surface area contributed by atoms with Gasteiger partial charge in [-0.05, 0) is 42.5 Å². The van der Waals surface area contributed by atoms with Crippen LogP contribution in [0.1, 0.15) is 27.0 Å². The van der Waals surface area contributed by atoms with Gasteiger partial charge in [0.2, 0.25) is 0 Å². The minimum atomic E-state index is -4.68. The maximum Gasteiger partial charge on any atom is 0.417 e. The monoisotopic (exact) mass is 401 g/mol. The smallest absolute Gasteiger partial charge is 0.383 e. The predicted octanol–water partition coefficient (Wildman–Crippen LogP) is 4.44. The number of halogens is 6. The summed E-state index contributed by atoms with van der Waals surface area (Å²) in [5, 5.41) is 13.8. The van der Waals surface area contributed by atoms with Crippen LogP contribution in [0.4, 0.5) is 32.0 Å². The highest BCUT2D eigenvalue weighted by molar-refractivity contribution is 5.94. The standard InChI is InChI=1S/C18H13F6N3O/c19-17(20,21)13-4-1-11(2-5-13)16(28)27-8-7-26-14-6-3-12(10-25)15(9-14)18(22,23)24/h1-6,9,26H,7-8H2,(H,27,28). The minimum Gasteiger partial charge on any atom is -0.383 e. The fourth-order valence-electron chi connectivity index (χ4n) is 2.28. The summed E-state index contributed by atoms with van der Waals surface area (Å²) in [5.74, 6) is -0.619. The molecular weight excluding hydrogens is 388 g/mol. The Morgan fingerprint density at radius 3 is 2.11 bits per heavy atom. The van der Waals surface area contributed by atoms with E-state index in [1.807, 2.05) is 0 Å². The molecule has 0 unspecified atom stereocenters. The summed E-state index contributed by atoms with van der Waals surface area (Å²) in [6.07, 6.45) is -9.19. The highest BCUT2D eigenvalue weighted by atomic mass is 19.4. The van der Waals surface area contributed by atoms with Crippen LogP contribution in [0.15, 0.2) is 42.5 Å². The molecule has 148 valence electrons. The van der Waals surface area contributed by atoms with Crippen LogP contribution in [0.3, 0.4) is 0 Å². The van der Waals surface area contributed by atoms with E-state index in [-0.39, 0.29) is 24.3 Å². The summed E-state index contributed by atoms with van der Waals surface area (Å²) >= 11 is 0. The Morgan fingerprint density at radius 2 is 1.57 bits per heavy atom. The van der Waals surface area contributed by atoms with Crippen molar-refractivity contribution in [2.45, 2.75) is 12.4 Å². The lowest BCUT2D eigenvalue weighted by Crippen LogP contribution is -2.28. The van der Waals surface area contributed by atoms with Crippen molar-refractivity contribution in [3.63, 3.8) is 0 Å². The zero-order valence-electron chi connectivity index (χ0n) is 14.1. The summed E-state index contributed by atoms with van der Waals surface area (Å²) in [6.45, 7) is 0.0801. The van der Waals surface area contributed by atoms with E-state index in [1.165, 1.54) is 12.1 Å². The summed E-state index contributed by atoms with van der Waals surface area (Å²) in [4.78, 5) is 11.9. The van der Waals surface area contributed by atoms with Gasteiger partial charge in [0.05, 0.1) is 22.8 Å². The molecule has 0 bridgehead atoms. The first-order chi connectivity index (χ1) is 13.0. The van der Waals surface area contributed by atoms with E-state index in [0.29, 0.717) is 0 Å². The van der Waals surface area contributed by atoms with Crippen molar-refractivity contribution in [1.29, 1.82) is 5.26 Å². The van der Waals surface area contributed by atoms with E-state index < -0.39 is 35.0 Å². The van der Waals surface area contributed by atoms with E-state index in [1.54, 1.807) is 0 Å². The van der Waals surface area contributed by atoms with Crippen molar-refractivity contribution in [2.75, 3.05) is 18.4 Å². The number of hydrogen-bond acceptors (Lipinski definition) is 3. The van der Waals surface area contributed by atoms with Crippen LogP contribution >= 0.6 is 0 Å². The van der Waals surface area contributed by atoms with Gasteiger partial charge in [0.15, 0.2) is 0 Å². The third kappa shape index (κ3) is 5.39. The van der Waals surface area contributed by atoms with Gasteiger partial charge in [-0.3, -0.25) is 4.79 Å². The molecule has 4 nitrogen and oxygen atoms in total. The molecule has 0 aromatic heterocycles. The number of carbonyl (C=O) groups is 1. The average molecular weight is 401 g/mol. The molecule has 0 atom stereocenters. The molecule has 0 fully saturated rings. The van der Waals surface area contributed by atoms with Gasteiger partial charge < -0.3 is 10.6 Å². The lowest BCUT2D eigenvalue weighted by Gasteiger charge is -2.13. The number of rotatable bonds is 5. The summed E-state index contributed by atoms with van der Waals surface area (Å²) < 4.78 is 76.1. The summed E-state index contributed by atoms with van der Waals surface area (Å²) in [6, 6.07) is 8.21. The van der Waals surface area contributed by atoms with Crippen molar-refractivity contribution in [3.8, 4) is 6.07 Å². The molecule has 0 saturated carbocycles. The van der Waals surface area contributed by atoms with Gasteiger partial charge in [0, 0.05) is 24.3 Å². The van der Waals surface area contributed by atoms with Gasteiger partial charge in [-0.2, -0.15) is 31.6 Å². The number of amides is 1. The fourth-order valence-corrected chi connectivity index (χ4v) is 2.28. The lowest BCUT2D eigenvalue weighted by molar-refractivity contribution is -0.138. The van der Waals surface area contributed by atoms with Crippen LogP contribution in [0, 0.1) is 11.3 Å². The predicted molar refractivity (Wildman–Crippen MR) is 88.4 cm³/mol. The van der Waals surface area contributed by atoms with Gasteiger partial charge in [0.25, 0.3) is 5.91 Å². The molecule has 0 aliphatic carbocycles. The second-order valence-electron chi connectivity index (χ2n) is 5.63. The first-order valence-electron chi connectivity index (χ1n) is 7.83. The van der Waals surface area contributed by atoms with Gasteiger partial charge in [-0.25, -0.2) is 0 Å². The number of anilines is 1. The maximum absolute atomic E-state index is 12.9. The third-order valence-electron chi connectivity index (χ3n) is 3.66. The van der Waals surface area contributed by atoms with Crippen molar-refractivity contribution >= 4 is 11.6 Å². The van der Waals surface area contributed by atoms with Crippen LogP contribution in [-0.4, -0.2) is 19.0 Å². The molecule has 1 amide bonds. The molecule has 10 heteroatoms. The number of nitrogens with one attached hydrogen (secondary N) is 2. The summed E-state index contributed by atoms with van der Waals surface area (Å²) in [7, 11) is 0. The zero-order chi connectivity index (χ0) is 20.9. The van der Waals surface area contributed by atoms with Gasteiger partial charge >= 0.3 is 12.4 Å². The maximum atomic E-state index is 12.9. The Labute approximate surface area is 155 Å². The quantitative estimate of drug-likeness (QED) is 0.575. The van der Waals surface area contributed by atoms with Crippen LogP contribution < -0.4 is 10.6 Å². The van der Waals surface area contributed by atoms with Crippen LogP contribution in [-0.2, 0) is 12.4 Å². The molecule has 0 heterocycles. The Bertz CT molecular complexity index is 882. The SMILES string of the molecule is N#Cc1ccc(NCCNC(=O)c2ccc(C(F)(F)F)cc2)cc1C(F)(F)F. The molecule has 0 aliphatic rings. The zero-order valence-corrected chi connectivity index (χ0v) is 14.1. The normalized spacial score (nSPS) is 11.6. The van der Waals surface area contributed by atoms with Gasteiger partial charge in [-0.15, -0.1) is 0 Å². The van der Waals surface area contributed by atoms with E-state index >= 15 is 0 Å². The Balaban J connectivity index is 1.91. The molecule has 0 aliphatic heterocycles. The molecule has 0 saturated heterocycles. The molecule has 2 rings (SSSR count). The molecule has 2 N–H and O–H groups in total. The second-order valence-corrected chi connectivity index (χ2v) is 5.63. The van der Waals surface area contributed by atoms with Crippen LogP contribution in [0.2, 0.25) is 0 Å². The highest BCUT2D eigenvalue weighted by Crippen LogP contribution is 2.33. The fraction of sp³-hybridized carbons (Fsp3) is 0.222. The Kier molecular flexibility index (Phi) is 6.18. The minimum absolute atomic E-state index is 0.0151. The number of benzene rings is 2. The molecule has 0 spiro atoms.